The predicted octanol–water partition coefficient (Wildman–Crippen LogP) is 6.11. The zero-order valence-electron chi connectivity index (χ0n) is 18.7. The molecule has 0 radical (unpaired) electrons. The number of rotatable bonds is 8. The maximum atomic E-state index is 12.8. The Kier molecular flexibility index (Phi) is 6.70. The van der Waals surface area contributed by atoms with Gasteiger partial charge in [0.15, 0.2) is 0 Å². The van der Waals surface area contributed by atoms with E-state index in [4.69, 9.17) is 4.74 Å². The number of imide groups is 1. The molecule has 0 saturated carbocycles. The summed E-state index contributed by atoms with van der Waals surface area (Å²) in [4.78, 5) is 26.9. The maximum Gasteiger partial charge on any atom is 0.293 e. The van der Waals surface area contributed by atoms with Gasteiger partial charge in [-0.2, -0.15) is 0 Å². The Morgan fingerprint density at radius 3 is 2.56 bits per heavy atom. The van der Waals surface area contributed by atoms with Crippen LogP contribution in [0, 0.1) is 12.8 Å². The van der Waals surface area contributed by atoms with Gasteiger partial charge < -0.3 is 9.30 Å². The molecule has 2 aromatic carbocycles. The van der Waals surface area contributed by atoms with E-state index in [-0.39, 0.29) is 17.1 Å². The fourth-order valence-electron chi connectivity index (χ4n) is 3.80. The molecule has 0 bridgehead atoms. The van der Waals surface area contributed by atoms with Crippen LogP contribution in [0.4, 0.5) is 4.79 Å². The second-order valence-corrected chi connectivity index (χ2v) is 9.49. The van der Waals surface area contributed by atoms with Gasteiger partial charge in [0, 0.05) is 35.8 Å². The zero-order chi connectivity index (χ0) is 22.7. The summed E-state index contributed by atoms with van der Waals surface area (Å²) in [6.45, 7) is 7.94. The van der Waals surface area contributed by atoms with Crippen LogP contribution in [0.1, 0.15) is 31.4 Å². The number of carbonyl (C=O) groups excluding carboxylic acids is 2. The van der Waals surface area contributed by atoms with Gasteiger partial charge in [-0.15, -0.1) is 0 Å². The van der Waals surface area contributed by atoms with Crippen molar-refractivity contribution in [3.05, 3.63) is 70.8 Å². The number of benzene rings is 2. The van der Waals surface area contributed by atoms with Crippen LogP contribution < -0.4 is 4.74 Å². The van der Waals surface area contributed by atoms with Crippen LogP contribution >= 0.6 is 11.8 Å². The number of hydrogen-bond donors (Lipinski definition) is 0. The van der Waals surface area contributed by atoms with E-state index in [0.717, 1.165) is 46.9 Å². The number of nitrogens with zero attached hydrogens (tertiary/aromatic N) is 2. The van der Waals surface area contributed by atoms with Gasteiger partial charge in [0.2, 0.25) is 0 Å². The molecule has 4 rings (SSSR count). The molecular weight excluding hydrogens is 420 g/mol. The third-order valence-electron chi connectivity index (χ3n) is 5.36. The third-order valence-corrected chi connectivity index (χ3v) is 6.27. The monoisotopic (exact) mass is 448 g/mol. The average Bonchev–Trinajstić information content (AvgIpc) is 3.25. The number of aromatic nitrogens is 1. The molecule has 1 aliphatic rings. The minimum Gasteiger partial charge on any atom is -0.494 e. The summed E-state index contributed by atoms with van der Waals surface area (Å²) in [6.07, 6.45) is 4.77. The Bertz CT molecular complexity index is 1160. The minimum absolute atomic E-state index is 0.188. The Morgan fingerprint density at radius 2 is 1.81 bits per heavy atom. The molecule has 0 atom stereocenters. The second-order valence-electron chi connectivity index (χ2n) is 8.50. The lowest BCUT2D eigenvalue weighted by Crippen LogP contribution is -2.31. The fraction of sp³-hybridized carbons (Fsp3) is 0.308. The number of hydrogen-bond acceptors (Lipinski definition) is 4. The van der Waals surface area contributed by atoms with Gasteiger partial charge in [0.05, 0.1) is 11.5 Å². The smallest absolute Gasteiger partial charge is 0.293 e. The van der Waals surface area contributed by atoms with Crippen molar-refractivity contribution in [2.24, 2.45) is 5.92 Å². The van der Waals surface area contributed by atoms with Crippen molar-refractivity contribution >= 4 is 39.9 Å². The quantitative estimate of drug-likeness (QED) is 0.308. The van der Waals surface area contributed by atoms with E-state index < -0.39 is 0 Å². The molecule has 5 nitrogen and oxygen atoms in total. The molecule has 2 heterocycles. The molecule has 0 unspecified atom stereocenters. The number of amides is 2. The van der Waals surface area contributed by atoms with Crippen molar-refractivity contribution in [1.82, 2.24) is 9.47 Å². The van der Waals surface area contributed by atoms with Gasteiger partial charge in [-0.1, -0.05) is 49.7 Å². The summed E-state index contributed by atoms with van der Waals surface area (Å²) in [5.74, 6) is 0.926. The van der Waals surface area contributed by atoms with Crippen LogP contribution in [-0.2, 0) is 11.3 Å². The molecule has 1 aliphatic heterocycles. The van der Waals surface area contributed by atoms with E-state index in [0.29, 0.717) is 18.1 Å². The van der Waals surface area contributed by atoms with E-state index in [2.05, 4.69) is 29.8 Å². The molecule has 0 N–H and O–H groups in total. The first-order valence-corrected chi connectivity index (χ1v) is 11.8. The van der Waals surface area contributed by atoms with Gasteiger partial charge >= 0.3 is 0 Å². The minimum atomic E-state index is -0.197. The normalized spacial score (nSPS) is 15.5. The SMILES string of the molecule is Cc1ccc(OCCCn2cc(/C=C3\SC(=O)N(CC(C)C)C3=O)c3ccccc32)cc1. The number of para-hydroxylation sites is 1. The summed E-state index contributed by atoms with van der Waals surface area (Å²) in [7, 11) is 0. The third kappa shape index (κ3) is 4.91. The lowest BCUT2D eigenvalue weighted by molar-refractivity contribution is -0.123. The summed E-state index contributed by atoms with van der Waals surface area (Å²) >= 11 is 1.03. The molecule has 1 saturated heterocycles. The van der Waals surface area contributed by atoms with Gasteiger partial charge in [0.25, 0.3) is 11.1 Å². The standard InChI is InChI=1S/C26H28N2O3S/c1-18(2)16-28-25(29)24(32-26(28)30)15-20-17-27(23-8-5-4-7-22(20)23)13-6-14-31-21-11-9-19(3)10-12-21/h4-5,7-12,15,17-18H,6,13-14,16H2,1-3H3/b24-15-. The van der Waals surface area contributed by atoms with Crippen molar-refractivity contribution in [2.75, 3.05) is 13.2 Å². The number of ether oxygens (including phenoxy) is 1. The molecule has 6 heteroatoms. The van der Waals surface area contributed by atoms with Crippen LogP contribution in [0.5, 0.6) is 5.75 Å². The van der Waals surface area contributed by atoms with Gasteiger partial charge in [-0.05, 0) is 55.3 Å². The molecule has 2 amide bonds. The molecule has 0 aliphatic carbocycles. The van der Waals surface area contributed by atoms with Gasteiger partial charge in [-0.25, -0.2) is 0 Å². The van der Waals surface area contributed by atoms with E-state index >= 15 is 0 Å². The molecule has 166 valence electrons. The lowest BCUT2D eigenvalue weighted by atomic mass is 10.1. The molecule has 1 aromatic heterocycles. The highest BCUT2D eigenvalue weighted by Crippen LogP contribution is 2.34. The lowest BCUT2D eigenvalue weighted by Gasteiger charge is -2.14. The van der Waals surface area contributed by atoms with Gasteiger partial charge in [-0.3, -0.25) is 14.5 Å². The summed E-state index contributed by atoms with van der Waals surface area (Å²) in [5, 5.41) is 0.884. The Labute approximate surface area is 193 Å². The van der Waals surface area contributed by atoms with Crippen LogP contribution in [0.25, 0.3) is 17.0 Å². The predicted molar refractivity (Wildman–Crippen MR) is 131 cm³/mol. The highest BCUT2D eigenvalue weighted by atomic mass is 32.2. The average molecular weight is 449 g/mol. The van der Waals surface area contributed by atoms with Crippen LogP contribution in [0.2, 0.25) is 0 Å². The maximum absolute atomic E-state index is 12.8. The number of carbonyl (C=O) groups is 2. The molecular formula is C26H28N2O3S. The van der Waals surface area contributed by atoms with Crippen molar-refractivity contribution in [3.63, 3.8) is 0 Å². The van der Waals surface area contributed by atoms with E-state index in [1.54, 1.807) is 0 Å². The summed E-state index contributed by atoms with van der Waals surface area (Å²) in [5.41, 5.74) is 3.27. The Hall–Kier alpha value is -2.99. The summed E-state index contributed by atoms with van der Waals surface area (Å²) < 4.78 is 8.05. The van der Waals surface area contributed by atoms with Gasteiger partial charge in [0.1, 0.15) is 5.75 Å². The molecule has 1 fully saturated rings. The highest BCUT2D eigenvalue weighted by Gasteiger charge is 2.35. The van der Waals surface area contributed by atoms with Crippen molar-refractivity contribution in [1.29, 1.82) is 0 Å². The second kappa shape index (κ2) is 9.65. The van der Waals surface area contributed by atoms with Crippen molar-refractivity contribution in [2.45, 2.75) is 33.7 Å². The first-order valence-electron chi connectivity index (χ1n) is 10.9. The van der Waals surface area contributed by atoms with Crippen LogP contribution in [0.15, 0.2) is 59.6 Å². The Balaban J connectivity index is 1.49. The molecule has 3 aromatic rings. The summed E-state index contributed by atoms with van der Waals surface area (Å²) in [6, 6.07) is 16.2. The van der Waals surface area contributed by atoms with Crippen LogP contribution in [-0.4, -0.2) is 33.8 Å². The number of aryl methyl sites for hydroxylation is 2. The number of thioether (sulfide) groups is 1. The van der Waals surface area contributed by atoms with E-state index in [1.165, 1.54) is 10.5 Å². The highest BCUT2D eigenvalue weighted by molar-refractivity contribution is 8.18. The van der Waals surface area contributed by atoms with Crippen LogP contribution in [0.3, 0.4) is 0 Å². The first kappa shape index (κ1) is 22.2. The number of fused-ring (bicyclic) bond motifs is 1. The van der Waals surface area contributed by atoms with Crippen molar-refractivity contribution < 1.29 is 14.3 Å². The molecule has 0 spiro atoms. The van der Waals surface area contributed by atoms with Crippen molar-refractivity contribution in [3.8, 4) is 5.75 Å². The topological polar surface area (TPSA) is 51.5 Å². The van der Waals surface area contributed by atoms with E-state index in [1.807, 2.05) is 56.3 Å². The first-order chi connectivity index (χ1) is 15.4. The molecule has 32 heavy (non-hydrogen) atoms. The largest absolute Gasteiger partial charge is 0.494 e. The zero-order valence-corrected chi connectivity index (χ0v) is 19.5. The Morgan fingerprint density at radius 1 is 1.06 bits per heavy atom. The van der Waals surface area contributed by atoms with E-state index in [9.17, 15) is 9.59 Å². The fourth-order valence-corrected chi connectivity index (χ4v) is 4.64.